The zero-order chi connectivity index (χ0) is 12.8. The Bertz CT molecular complexity index is 360. The molecule has 1 aromatic rings. The number of esters is 1. The van der Waals surface area contributed by atoms with E-state index in [-0.39, 0.29) is 5.97 Å². The summed E-state index contributed by atoms with van der Waals surface area (Å²) in [5, 5.41) is 0. The monoisotopic (exact) mass is 236 g/mol. The minimum Gasteiger partial charge on any atom is -0.465 e. The van der Waals surface area contributed by atoms with Crippen molar-refractivity contribution >= 4 is 11.7 Å². The maximum absolute atomic E-state index is 11.4. The average molecular weight is 236 g/mol. The van der Waals surface area contributed by atoms with E-state index >= 15 is 0 Å². The van der Waals surface area contributed by atoms with Crippen LogP contribution >= 0.6 is 0 Å². The summed E-state index contributed by atoms with van der Waals surface area (Å²) >= 11 is 0. The van der Waals surface area contributed by atoms with Crippen LogP contribution in [0.5, 0.6) is 0 Å². The molecule has 0 spiro atoms. The van der Waals surface area contributed by atoms with E-state index in [2.05, 4.69) is 0 Å². The van der Waals surface area contributed by atoms with Crippen molar-refractivity contribution in [1.82, 2.24) is 0 Å². The molecule has 2 N–H and O–H groups in total. The van der Waals surface area contributed by atoms with Gasteiger partial charge in [-0.3, -0.25) is 4.79 Å². The van der Waals surface area contributed by atoms with E-state index in [9.17, 15) is 4.79 Å². The molecule has 0 fully saturated rings. The molecule has 0 amide bonds. The van der Waals surface area contributed by atoms with Gasteiger partial charge in [0.05, 0.1) is 6.61 Å². The molecule has 94 valence electrons. The van der Waals surface area contributed by atoms with Gasteiger partial charge < -0.3 is 15.4 Å². The van der Waals surface area contributed by atoms with Gasteiger partial charge in [-0.05, 0) is 31.0 Å². The molecule has 0 radical (unpaired) electrons. The highest BCUT2D eigenvalue weighted by molar-refractivity contribution is 5.75. The lowest BCUT2D eigenvalue weighted by atomic mass is 10.1. The molecule has 4 nitrogen and oxygen atoms in total. The van der Waals surface area contributed by atoms with Gasteiger partial charge in [-0.2, -0.15) is 0 Å². The predicted octanol–water partition coefficient (Wildman–Crippen LogP) is 1.19. The minimum atomic E-state index is -0.583. The third-order valence-electron chi connectivity index (χ3n) is 2.50. The Balaban J connectivity index is 2.60. The van der Waals surface area contributed by atoms with Crippen molar-refractivity contribution in [1.29, 1.82) is 0 Å². The van der Waals surface area contributed by atoms with Crippen LogP contribution in [0.3, 0.4) is 0 Å². The average Bonchev–Trinajstić information content (AvgIpc) is 2.30. The van der Waals surface area contributed by atoms with Gasteiger partial charge in [-0.1, -0.05) is 12.1 Å². The largest absolute Gasteiger partial charge is 0.465 e. The second-order valence-electron chi connectivity index (χ2n) is 4.12. The van der Waals surface area contributed by atoms with Gasteiger partial charge in [0.1, 0.15) is 6.04 Å². The Kier molecular flexibility index (Phi) is 4.97. The van der Waals surface area contributed by atoms with E-state index in [0.29, 0.717) is 13.0 Å². The van der Waals surface area contributed by atoms with Crippen molar-refractivity contribution in [3.05, 3.63) is 29.8 Å². The maximum Gasteiger partial charge on any atom is 0.323 e. The second-order valence-corrected chi connectivity index (χ2v) is 4.12. The maximum atomic E-state index is 11.4. The molecule has 0 heterocycles. The van der Waals surface area contributed by atoms with Crippen molar-refractivity contribution in [2.45, 2.75) is 19.4 Å². The van der Waals surface area contributed by atoms with Crippen LogP contribution in [-0.2, 0) is 16.0 Å². The van der Waals surface area contributed by atoms with Gasteiger partial charge in [-0.15, -0.1) is 0 Å². The molecule has 4 heteroatoms. The lowest BCUT2D eigenvalue weighted by Crippen LogP contribution is -2.34. The number of nitrogens with zero attached hydrogens (tertiary/aromatic N) is 1. The van der Waals surface area contributed by atoms with E-state index in [0.717, 1.165) is 11.3 Å². The third kappa shape index (κ3) is 4.07. The number of hydrogen-bond donors (Lipinski definition) is 1. The fourth-order valence-corrected chi connectivity index (χ4v) is 1.52. The molecule has 0 unspecified atom stereocenters. The summed E-state index contributed by atoms with van der Waals surface area (Å²) in [4.78, 5) is 13.4. The highest BCUT2D eigenvalue weighted by Crippen LogP contribution is 2.13. The van der Waals surface area contributed by atoms with Gasteiger partial charge in [0.25, 0.3) is 0 Å². The number of carbonyl (C=O) groups excluding carboxylic acids is 1. The smallest absolute Gasteiger partial charge is 0.323 e. The second kappa shape index (κ2) is 6.25. The molecule has 0 bridgehead atoms. The lowest BCUT2D eigenvalue weighted by molar-refractivity contribution is -0.144. The topological polar surface area (TPSA) is 55.6 Å². The Labute approximate surface area is 102 Å². The van der Waals surface area contributed by atoms with Crippen LogP contribution in [0.2, 0.25) is 0 Å². The molecule has 0 aliphatic heterocycles. The van der Waals surface area contributed by atoms with Crippen molar-refractivity contribution in [3.8, 4) is 0 Å². The molecule has 0 aliphatic carbocycles. The van der Waals surface area contributed by atoms with Gasteiger partial charge in [0, 0.05) is 19.8 Å². The van der Waals surface area contributed by atoms with E-state index in [4.69, 9.17) is 10.5 Å². The van der Waals surface area contributed by atoms with E-state index in [1.54, 1.807) is 6.92 Å². The van der Waals surface area contributed by atoms with Crippen LogP contribution in [0, 0.1) is 0 Å². The molecule has 1 rings (SSSR count). The Morgan fingerprint density at radius 1 is 1.35 bits per heavy atom. The number of anilines is 1. The summed E-state index contributed by atoms with van der Waals surface area (Å²) in [6.07, 6.45) is 0.506. The summed E-state index contributed by atoms with van der Waals surface area (Å²) in [6, 6.07) is 7.39. The predicted molar refractivity (Wildman–Crippen MR) is 69.1 cm³/mol. The molecule has 17 heavy (non-hydrogen) atoms. The van der Waals surface area contributed by atoms with Crippen LogP contribution in [0.4, 0.5) is 5.69 Å². The molecule has 0 aliphatic rings. The SMILES string of the molecule is CCOC(=O)[C@@H](N)Cc1ccc(N(C)C)cc1. The summed E-state index contributed by atoms with van der Waals surface area (Å²) in [7, 11) is 3.97. The number of ether oxygens (including phenoxy) is 1. The van der Waals surface area contributed by atoms with Crippen molar-refractivity contribution < 1.29 is 9.53 Å². The number of rotatable bonds is 5. The van der Waals surface area contributed by atoms with Gasteiger partial charge in [0.15, 0.2) is 0 Å². The van der Waals surface area contributed by atoms with Crippen LogP contribution in [0.25, 0.3) is 0 Å². The molecule has 0 saturated carbocycles. The Morgan fingerprint density at radius 2 is 1.94 bits per heavy atom. The Morgan fingerprint density at radius 3 is 2.41 bits per heavy atom. The standard InChI is InChI=1S/C13H20N2O2/c1-4-17-13(16)12(14)9-10-5-7-11(8-6-10)15(2)3/h5-8,12H,4,9,14H2,1-3H3/t12-/m0/s1. The number of nitrogens with two attached hydrogens (primary N) is 1. The molecule has 1 atom stereocenters. The first kappa shape index (κ1) is 13.5. The molecule has 0 aromatic heterocycles. The quantitative estimate of drug-likeness (QED) is 0.780. The first-order valence-electron chi connectivity index (χ1n) is 5.73. The lowest BCUT2D eigenvalue weighted by Gasteiger charge is -2.14. The molecule has 0 saturated heterocycles. The zero-order valence-electron chi connectivity index (χ0n) is 10.6. The first-order chi connectivity index (χ1) is 8.04. The molecule has 1 aromatic carbocycles. The van der Waals surface area contributed by atoms with E-state index in [1.807, 2.05) is 43.3 Å². The molecular weight excluding hydrogens is 216 g/mol. The highest BCUT2D eigenvalue weighted by Gasteiger charge is 2.14. The van der Waals surface area contributed by atoms with Crippen LogP contribution in [-0.4, -0.2) is 32.7 Å². The van der Waals surface area contributed by atoms with Gasteiger partial charge in [-0.25, -0.2) is 0 Å². The Hall–Kier alpha value is -1.55. The summed E-state index contributed by atoms with van der Waals surface area (Å²) in [6.45, 7) is 2.14. The van der Waals surface area contributed by atoms with Gasteiger partial charge in [0.2, 0.25) is 0 Å². The summed E-state index contributed by atoms with van der Waals surface area (Å²) in [5.74, 6) is -0.343. The van der Waals surface area contributed by atoms with Crippen molar-refractivity contribution in [2.24, 2.45) is 5.73 Å². The third-order valence-corrected chi connectivity index (χ3v) is 2.50. The van der Waals surface area contributed by atoms with Crippen molar-refractivity contribution in [3.63, 3.8) is 0 Å². The zero-order valence-corrected chi connectivity index (χ0v) is 10.6. The van der Waals surface area contributed by atoms with Crippen molar-refractivity contribution in [2.75, 3.05) is 25.6 Å². The number of benzene rings is 1. The summed E-state index contributed by atoms with van der Waals surface area (Å²) < 4.78 is 4.87. The van der Waals surface area contributed by atoms with Gasteiger partial charge >= 0.3 is 5.97 Å². The fraction of sp³-hybridized carbons (Fsp3) is 0.462. The highest BCUT2D eigenvalue weighted by atomic mass is 16.5. The molecular formula is C13H20N2O2. The first-order valence-corrected chi connectivity index (χ1v) is 5.73. The summed E-state index contributed by atoms with van der Waals surface area (Å²) in [5.41, 5.74) is 7.91. The number of hydrogen-bond acceptors (Lipinski definition) is 4. The van der Waals surface area contributed by atoms with Crippen LogP contribution in [0.1, 0.15) is 12.5 Å². The number of carbonyl (C=O) groups is 1. The van der Waals surface area contributed by atoms with Crippen LogP contribution < -0.4 is 10.6 Å². The van der Waals surface area contributed by atoms with Crippen LogP contribution in [0.15, 0.2) is 24.3 Å². The minimum absolute atomic E-state index is 0.343. The fourth-order valence-electron chi connectivity index (χ4n) is 1.52. The van der Waals surface area contributed by atoms with E-state index in [1.165, 1.54) is 0 Å². The normalized spacial score (nSPS) is 12.0. The van der Waals surface area contributed by atoms with E-state index < -0.39 is 6.04 Å².